The Bertz CT molecular complexity index is 389. The summed E-state index contributed by atoms with van der Waals surface area (Å²) < 4.78 is 5.56. The van der Waals surface area contributed by atoms with Crippen LogP contribution < -0.4 is 0 Å². The number of rotatable bonds is 3. The van der Waals surface area contributed by atoms with Gasteiger partial charge < -0.3 is 9.64 Å². The molecule has 0 aromatic carbocycles. The maximum atomic E-state index is 12.1. The molecule has 0 radical (unpaired) electrons. The highest BCUT2D eigenvalue weighted by atomic mass is 16.5. The Balaban J connectivity index is 1.99. The Labute approximate surface area is 100 Å². The van der Waals surface area contributed by atoms with Crippen molar-refractivity contribution in [2.45, 2.75) is 32.8 Å². The van der Waals surface area contributed by atoms with Gasteiger partial charge in [0.05, 0.1) is 6.10 Å². The number of ether oxygens (including phenoxy) is 1. The molecule has 0 spiro atoms. The number of H-pyrrole nitrogens is 1. The van der Waals surface area contributed by atoms with E-state index in [4.69, 9.17) is 4.74 Å². The Morgan fingerprint density at radius 2 is 2.47 bits per heavy atom. The van der Waals surface area contributed by atoms with E-state index >= 15 is 0 Å². The Hall–Kier alpha value is -1.43. The minimum absolute atomic E-state index is 0.112. The minimum Gasteiger partial charge on any atom is -0.377 e. The monoisotopic (exact) mass is 238 g/mol. The van der Waals surface area contributed by atoms with Gasteiger partial charge in [0.2, 0.25) is 5.82 Å². The molecular formula is C11H18N4O2. The first kappa shape index (κ1) is 12.0. The third-order valence-electron chi connectivity index (χ3n) is 2.86. The van der Waals surface area contributed by atoms with Crippen molar-refractivity contribution in [1.29, 1.82) is 0 Å². The average Bonchev–Trinajstić information content (AvgIpc) is 2.76. The van der Waals surface area contributed by atoms with Crippen molar-refractivity contribution in [2.75, 3.05) is 19.7 Å². The van der Waals surface area contributed by atoms with E-state index in [9.17, 15) is 4.79 Å². The van der Waals surface area contributed by atoms with Gasteiger partial charge in [-0.2, -0.15) is 0 Å². The van der Waals surface area contributed by atoms with E-state index in [0.717, 1.165) is 19.4 Å². The number of hydrogen-bond acceptors (Lipinski definition) is 4. The predicted octanol–water partition coefficient (Wildman–Crippen LogP) is 0.754. The van der Waals surface area contributed by atoms with Gasteiger partial charge in [-0.1, -0.05) is 0 Å². The number of carbonyl (C=O) groups excluding carboxylic acids is 1. The topological polar surface area (TPSA) is 71.1 Å². The molecule has 94 valence electrons. The molecule has 1 aliphatic heterocycles. The van der Waals surface area contributed by atoms with Crippen molar-refractivity contribution in [3.8, 4) is 0 Å². The number of aromatic nitrogens is 3. The van der Waals surface area contributed by atoms with Gasteiger partial charge in [-0.15, -0.1) is 5.10 Å². The van der Waals surface area contributed by atoms with Crippen LogP contribution in [0, 0.1) is 6.92 Å². The first-order chi connectivity index (χ1) is 8.20. The number of piperidine rings is 1. The Kier molecular flexibility index (Phi) is 3.73. The lowest BCUT2D eigenvalue weighted by Crippen LogP contribution is -2.43. The van der Waals surface area contributed by atoms with E-state index in [-0.39, 0.29) is 17.8 Å². The summed E-state index contributed by atoms with van der Waals surface area (Å²) >= 11 is 0. The molecule has 0 saturated carbocycles. The summed E-state index contributed by atoms with van der Waals surface area (Å²) in [5.41, 5.74) is 0. The number of carbonyl (C=O) groups is 1. The molecule has 0 aliphatic carbocycles. The van der Waals surface area contributed by atoms with Crippen LogP contribution in [-0.4, -0.2) is 51.8 Å². The van der Waals surface area contributed by atoms with E-state index < -0.39 is 0 Å². The van der Waals surface area contributed by atoms with E-state index in [2.05, 4.69) is 15.2 Å². The third kappa shape index (κ3) is 2.82. The van der Waals surface area contributed by atoms with E-state index in [1.54, 1.807) is 11.8 Å². The summed E-state index contributed by atoms with van der Waals surface area (Å²) in [5.74, 6) is 0.796. The lowest BCUT2D eigenvalue weighted by molar-refractivity contribution is 0.00682. The second kappa shape index (κ2) is 5.27. The molecule has 0 bridgehead atoms. The van der Waals surface area contributed by atoms with Crippen LogP contribution >= 0.6 is 0 Å². The highest BCUT2D eigenvalue weighted by Gasteiger charge is 2.26. The Morgan fingerprint density at radius 1 is 1.65 bits per heavy atom. The normalized spacial score (nSPS) is 20.6. The lowest BCUT2D eigenvalue weighted by Gasteiger charge is -2.31. The van der Waals surface area contributed by atoms with E-state index in [1.807, 2.05) is 6.92 Å². The molecule has 2 heterocycles. The van der Waals surface area contributed by atoms with Gasteiger partial charge in [0, 0.05) is 19.7 Å². The number of aryl methyl sites for hydroxylation is 1. The van der Waals surface area contributed by atoms with Gasteiger partial charge in [-0.05, 0) is 26.7 Å². The molecule has 1 aliphatic rings. The number of likely N-dealkylation sites (tertiary alicyclic amines) is 1. The molecule has 6 nitrogen and oxygen atoms in total. The van der Waals surface area contributed by atoms with Gasteiger partial charge in [-0.25, -0.2) is 4.98 Å². The second-order valence-electron chi connectivity index (χ2n) is 4.22. The Morgan fingerprint density at radius 3 is 3.12 bits per heavy atom. The highest BCUT2D eigenvalue weighted by molar-refractivity contribution is 5.90. The van der Waals surface area contributed by atoms with Crippen LogP contribution in [0.15, 0.2) is 0 Å². The lowest BCUT2D eigenvalue weighted by atomic mass is 10.1. The number of nitrogens with zero attached hydrogens (tertiary/aromatic N) is 3. The van der Waals surface area contributed by atoms with Crippen LogP contribution in [0.25, 0.3) is 0 Å². The first-order valence-corrected chi connectivity index (χ1v) is 6.00. The van der Waals surface area contributed by atoms with Crippen molar-refractivity contribution in [3.63, 3.8) is 0 Å². The quantitative estimate of drug-likeness (QED) is 0.843. The van der Waals surface area contributed by atoms with Crippen molar-refractivity contribution in [2.24, 2.45) is 0 Å². The van der Waals surface area contributed by atoms with Crippen molar-refractivity contribution in [1.82, 2.24) is 20.1 Å². The number of amides is 1. The van der Waals surface area contributed by atoms with E-state index in [1.165, 1.54) is 0 Å². The van der Waals surface area contributed by atoms with Crippen LogP contribution in [0.1, 0.15) is 36.2 Å². The number of hydrogen-bond donors (Lipinski definition) is 1. The molecule has 2 rings (SSSR count). The molecule has 1 atom stereocenters. The molecule has 1 amide bonds. The highest BCUT2D eigenvalue weighted by Crippen LogP contribution is 2.14. The maximum Gasteiger partial charge on any atom is 0.293 e. The summed E-state index contributed by atoms with van der Waals surface area (Å²) in [6.45, 7) is 5.84. The third-order valence-corrected chi connectivity index (χ3v) is 2.86. The smallest absolute Gasteiger partial charge is 0.293 e. The minimum atomic E-state index is -0.112. The molecular weight excluding hydrogens is 220 g/mol. The van der Waals surface area contributed by atoms with Crippen molar-refractivity contribution < 1.29 is 9.53 Å². The molecule has 1 aromatic rings. The van der Waals surface area contributed by atoms with Crippen LogP contribution in [0.3, 0.4) is 0 Å². The summed E-state index contributed by atoms with van der Waals surface area (Å²) in [4.78, 5) is 17.9. The van der Waals surface area contributed by atoms with Gasteiger partial charge in [0.15, 0.2) is 0 Å². The first-order valence-electron chi connectivity index (χ1n) is 6.00. The standard InChI is InChI=1S/C11H18N4O2/c1-3-17-9-5-4-6-15(7-9)11(16)10-12-8(2)13-14-10/h9H,3-7H2,1-2H3,(H,12,13,14). The molecule has 1 saturated heterocycles. The summed E-state index contributed by atoms with van der Waals surface area (Å²) in [6.07, 6.45) is 2.14. The summed E-state index contributed by atoms with van der Waals surface area (Å²) in [7, 11) is 0. The zero-order valence-electron chi connectivity index (χ0n) is 10.3. The fourth-order valence-electron chi connectivity index (χ4n) is 2.07. The van der Waals surface area contributed by atoms with Gasteiger partial charge in [-0.3, -0.25) is 9.89 Å². The van der Waals surface area contributed by atoms with E-state index in [0.29, 0.717) is 19.0 Å². The predicted molar refractivity (Wildman–Crippen MR) is 61.7 cm³/mol. The van der Waals surface area contributed by atoms with Gasteiger partial charge in [0.1, 0.15) is 5.82 Å². The molecule has 1 N–H and O–H groups in total. The molecule has 6 heteroatoms. The molecule has 1 fully saturated rings. The number of nitrogens with one attached hydrogen (secondary N) is 1. The van der Waals surface area contributed by atoms with Gasteiger partial charge in [0.25, 0.3) is 5.91 Å². The van der Waals surface area contributed by atoms with Crippen LogP contribution in [0.4, 0.5) is 0 Å². The fraction of sp³-hybridized carbons (Fsp3) is 0.727. The maximum absolute atomic E-state index is 12.1. The summed E-state index contributed by atoms with van der Waals surface area (Å²) in [5, 5.41) is 6.58. The molecule has 17 heavy (non-hydrogen) atoms. The SMILES string of the molecule is CCOC1CCCN(C(=O)c2n[nH]c(C)n2)C1. The van der Waals surface area contributed by atoms with Crippen LogP contribution in [-0.2, 0) is 4.74 Å². The number of aromatic amines is 1. The zero-order chi connectivity index (χ0) is 12.3. The van der Waals surface area contributed by atoms with Crippen LogP contribution in [0.2, 0.25) is 0 Å². The fourth-order valence-corrected chi connectivity index (χ4v) is 2.07. The molecule has 1 unspecified atom stereocenters. The van der Waals surface area contributed by atoms with Gasteiger partial charge >= 0.3 is 0 Å². The van der Waals surface area contributed by atoms with Crippen LogP contribution in [0.5, 0.6) is 0 Å². The largest absolute Gasteiger partial charge is 0.377 e. The summed E-state index contributed by atoms with van der Waals surface area (Å²) in [6, 6.07) is 0. The van der Waals surface area contributed by atoms with Crippen molar-refractivity contribution >= 4 is 5.91 Å². The second-order valence-corrected chi connectivity index (χ2v) is 4.22. The zero-order valence-corrected chi connectivity index (χ0v) is 10.3. The van der Waals surface area contributed by atoms with Crippen molar-refractivity contribution in [3.05, 3.63) is 11.6 Å². The molecule has 1 aromatic heterocycles. The average molecular weight is 238 g/mol.